The molecule has 22 heavy (non-hydrogen) atoms. The zero-order valence-corrected chi connectivity index (χ0v) is 12.3. The van der Waals surface area contributed by atoms with E-state index in [0.29, 0.717) is 0 Å². The van der Waals surface area contributed by atoms with E-state index in [1.807, 2.05) is 18.2 Å². The van der Waals surface area contributed by atoms with Gasteiger partial charge in [0, 0.05) is 29.2 Å². The number of carboxylic acids is 1. The lowest BCUT2D eigenvalue weighted by molar-refractivity contribution is -0.132. The van der Waals surface area contributed by atoms with Gasteiger partial charge in [-0.1, -0.05) is 6.58 Å². The Morgan fingerprint density at radius 1 is 1.41 bits per heavy atom. The summed E-state index contributed by atoms with van der Waals surface area (Å²) >= 11 is 0. The van der Waals surface area contributed by atoms with Crippen LogP contribution < -0.4 is 5.56 Å². The van der Waals surface area contributed by atoms with Crippen molar-refractivity contribution < 1.29 is 9.90 Å². The van der Waals surface area contributed by atoms with Crippen molar-refractivity contribution >= 4 is 5.97 Å². The molecule has 2 aromatic heterocycles. The quantitative estimate of drug-likeness (QED) is 0.827. The van der Waals surface area contributed by atoms with Crippen LogP contribution in [0.15, 0.2) is 47.5 Å². The van der Waals surface area contributed by atoms with Crippen molar-refractivity contribution in [3.63, 3.8) is 0 Å². The molecule has 0 saturated carbocycles. The molecule has 0 atom stereocenters. The lowest BCUT2D eigenvalue weighted by Gasteiger charge is -2.05. The van der Waals surface area contributed by atoms with Crippen LogP contribution in [0.4, 0.5) is 0 Å². The predicted molar refractivity (Wildman–Crippen MR) is 82.2 cm³/mol. The number of H-pyrrole nitrogens is 1. The van der Waals surface area contributed by atoms with E-state index in [0.717, 1.165) is 16.8 Å². The van der Waals surface area contributed by atoms with Crippen molar-refractivity contribution in [3.8, 4) is 17.2 Å². The van der Waals surface area contributed by atoms with Crippen LogP contribution in [0.5, 0.6) is 0 Å². The van der Waals surface area contributed by atoms with Crippen LogP contribution >= 0.6 is 0 Å². The topological polar surface area (TPSA) is 107 Å². The number of nitrogens with one attached hydrogen (secondary N) is 1. The Bertz CT molecular complexity index is 775. The van der Waals surface area contributed by atoms with Gasteiger partial charge in [0.25, 0.3) is 5.56 Å². The number of hydrogen-bond donors (Lipinski definition) is 2. The minimum Gasteiger partial charge on any atom is -0.478 e. The van der Waals surface area contributed by atoms with E-state index in [1.165, 1.54) is 6.92 Å². The minimum atomic E-state index is -0.935. The largest absolute Gasteiger partial charge is 0.478 e. The third-order valence-electron chi connectivity index (χ3n) is 2.72. The van der Waals surface area contributed by atoms with E-state index in [9.17, 15) is 9.59 Å². The number of nitrogens with zero attached hydrogens (tertiary/aromatic N) is 2. The van der Waals surface area contributed by atoms with Crippen LogP contribution in [0.3, 0.4) is 0 Å². The summed E-state index contributed by atoms with van der Waals surface area (Å²) in [5, 5.41) is 16.7. The molecule has 2 rings (SSSR count). The lowest BCUT2D eigenvalue weighted by Crippen LogP contribution is -2.11. The summed E-state index contributed by atoms with van der Waals surface area (Å²) in [6.07, 6.45) is 3.35. The summed E-state index contributed by atoms with van der Waals surface area (Å²) in [4.78, 5) is 27.5. The molecule has 6 heteroatoms. The Balaban J connectivity index is 0.000000346. The smallest absolute Gasteiger partial charge is 0.330 e. The highest BCUT2D eigenvalue weighted by Gasteiger charge is 2.06. The number of pyridine rings is 2. The van der Waals surface area contributed by atoms with Crippen LogP contribution in [0, 0.1) is 18.3 Å². The Kier molecular flexibility index (Phi) is 5.78. The molecule has 0 aliphatic heterocycles. The molecule has 2 heterocycles. The highest BCUT2D eigenvalue weighted by atomic mass is 16.4. The predicted octanol–water partition coefficient (Wildman–Crippen LogP) is 2.26. The van der Waals surface area contributed by atoms with Gasteiger partial charge >= 0.3 is 5.97 Å². The molecule has 0 radical (unpaired) electrons. The van der Waals surface area contributed by atoms with Gasteiger partial charge in [-0.25, -0.2) is 4.79 Å². The maximum atomic E-state index is 11.4. The maximum Gasteiger partial charge on any atom is 0.330 e. The van der Waals surface area contributed by atoms with Gasteiger partial charge in [-0.05, 0) is 37.6 Å². The number of aromatic nitrogens is 2. The third kappa shape index (κ3) is 4.42. The van der Waals surface area contributed by atoms with Crippen molar-refractivity contribution in [1.29, 1.82) is 5.26 Å². The molecule has 0 unspecified atom stereocenters. The van der Waals surface area contributed by atoms with Gasteiger partial charge in [-0.2, -0.15) is 5.26 Å². The van der Waals surface area contributed by atoms with E-state index >= 15 is 0 Å². The molecule has 2 N–H and O–H groups in total. The number of hydrogen-bond acceptors (Lipinski definition) is 4. The fourth-order valence-electron chi connectivity index (χ4n) is 1.54. The number of rotatable bonds is 2. The first-order valence-electron chi connectivity index (χ1n) is 6.30. The number of nitriles is 1. The van der Waals surface area contributed by atoms with E-state index in [4.69, 9.17) is 10.4 Å². The standard InChI is InChI=1S/C12H9N3O.C4H6O2/c1-8-11(9-2-4-14-5-3-9)6-10(7-13)12(16)15-8;1-3(2)4(5)6/h2-6H,1H3,(H,15,16);1H2,2H3,(H,5,6). The van der Waals surface area contributed by atoms with Gasteiger partial charge in [0.15, 0.2) is 0 Å². The van der Waals surface area contributed by atoms with E-state index in [2.05, 4.69) is 16.5 Å². The average molecular weight is 297 g/mol. The number of carbonyl (C=O) groups is 1. The first-order chi connectivity index (χ1) is 10.4. The van der Waals surface area contributed by atoms with Gasteiger partial charge in [0.05, 0.1) is 0 Å². The van der Waals surface area contributed by atoms with Gasteiger partial charge < -0.3 is 10.1 Å². The summed E-state index contributed by atoms with van der Waals surface area (Å²) in [5.74, 6) is -0.935. The summed E-state index contributed by atoms with van der Waals surface area (Å²) < 4.78 is 0. The fraction of sp³-hybridized carbons (Fsp3) is 0.125. The summed E-state index contributed by atoms with van der Waals surface area (Å²) in [6.45, 7) is 6.41. The number of carboxylic acid groups (broad SMARTS) is 1. The van der Waals surface area contributed by atoms with E-state index in [-0.39, 0.29) is 16.7 Å². The molecule has 6 nitrogen and oxygen atoms in total. The molecule has 112 valence electrons. The molecule has 0 saturated heterocycles. The number of aryl methyl sites for hydroxylation is 1. The fourth-order valence-corrected chi connectivity index (χ4v) is 1.54. The zero-order chi connectivity index (χ0) is 16.7. The molecular formula is C16H15N3O3. The first-order valence-corrected chi connectivity index (χ1v) is 6.30. The molecule has 0 bridgehead atoms. The van der Waals surface area contributed by atoms with Gasteiger partial charge in [-0.3, -0.25) is 9.78 Å². The highest BCUT2D eigenvalue weighted by molar-refractivity contribution is 5.84. The second-order valence-electron chi connectivity index (χ2n) is 4.48. The molecule has 0 amide bonds. The molecule has 0 aromatic carbocycles. The normalized spacial score (nSPS) is 9.14. The Morgan fingerprint density at radius 2 is 1.95 bits per heavy atom. The molecular weight excluding hydrogens is 282 g/mol. The molecule has 0 aliphatic rings. The monoisotopic (exact) mass is 297 g/mol. The van der Waals surface area contributed by atoms with Crippen molar-refractivity contribution in [2.24, 2.45) is 0 Å². The van der Waals surface area contributed by atoms with Crippen molar-refractivity contribution in [2.75, 3.05) is 0 Å². The molecule has 0 aliphatic carbocycles. The highest BCUT2D eigenvalue weighted by Crippen LogP contribution is 2.20. The lowest BCUT2D eigenvalue weighted by atomic mass is 10.0. The van der Waals surface area contributed by atoms with Gasteiger partial charge in [0.1, 0.15) is 11.6 Å². The first kappa shape index (κ1) is 16.9. The molecule has 0 fully saturated rings. The molecule has 0 spiro atoms. The Hall–Kier alpha value is -3.20. The summed E-state index contributed by atoms with van der Waals surface area (Å²) in [7, 11) is 0. The van der Waals surface area contributed by atoms with Gasteiger partial charge in [0.2, 0.25) is 0 Å². The van der Waals surface area contributed by atoms with Crippen LogP contribution in [-0.2, 0) is 4.79 Å². The molecule has 2 aromatic rings. The van der Waals surface area contributed by atoms with Crippen LogP contribution in [0.1, 0.15) is 18.2 Å². The van der Waals surface area contributed by atoms with Crippen LogP contribution in [0.2, 0.25) is 0 Å². The maximum absolute atomic E-state index is 11.4. The number of aliphatic carboxylic acids is 1. The number of aromatic amines is 1. The third-order valence-corrected chi connectivity index (χ3v) is 2.72. The second kappa shape index (κ2) is 7.55. The van der Waals surface area contributed by atoms with Crippen LogP contribution in [0.25, 0.3) is 11.1 Å². The van der Waals surface area contributed by atoms with Crippen molar-refractivity contribution in [1.82, 2.24) is 9.97 Å². The SMILES string of the molecule is C=C(C)C(=O)O.Cc1[nH]c(=O)c(C#N)cc1-c1ccncc1. The summed E-state index contributed by atoms with van der Waals surface area (Å²) in [6, 6.07) is 7.14. The second-order valence-corrected chi connectivity index (χ2v) is 4.48. The van der Waals surface area contributed by atoms with E-state index in [1.54, 1.807) is 25.4 Å². The summed E-state index contributed by atoms with van der Waals surface area (Å²) in [5.41, 5.74) is 2.47. The Morgan fingerprint density at radius 3 is 2.41 bits per heavy atom. The Labute approximate surface area is 127 Å². The van der Waals surface area contributed by atoms with E-state index < -0.39 is 5.97 Å². The van der Waals surface area contributed by atoms with Gasteiger partial charge in [-0.15, -0.1) is 0 Å². The van der Waals surface area contributed by atoms with Crippen LogP contribution in [-0.4, -0.2) is 21.0 Å². The minimum absolute atomic E-state index is 0.123. The zero-order valence-electron chi connectivity index (χ0n) is 12.3. The van der Waals surface area contributed by atoms with Crippen molar-refractivity contribution in [3.05, 3.63) is 64.4 Å². The average Bonchev–Trinajstić information content (AvgIpc) is 2.49. The van der Waals surface area contributed by atoms with Crippen molar-refractivity contribution in [2.45, 2.75) is 13.8 Å².